The Balaban J connectivity index is 1.89. The fourth-order valence-electron chi connectivity index (χ4n) is 3.21. The van der Waals surface area contributed by atoms with Crippen LogP contribution in [0.3, 0.4) is 0 Å². The molecule has 3 aromatic rings. The zero-order valence-corrected chi connectivity index (χ0v) is 15.1. The van der Waals surface area contributed by atoms with E-state index in [1.165, 1.54) is 24.3 Å². The highest BCUT2D eigenvalue weighted by atomic mass is 16.5. The molecule has 0 saturated carbocycles. The summed E-state index contributed by atoms with van der Waals surface area (Å²) in [5.74, 6) is -0.781. The van der Waals surface area contributed by atoms with Crippen LogP contribution in [0, 0.1) is 6.92 Å². The van der Waals surface area contributed by atoms with Gasteiger partial charge in [-0.1, -0.05) is 17.3 Å². The maximum atomic E-state index is 13.0. The van der Waals surface area contributed by atoms with Crippen molar-refractivity contribution < 1.29 is 28.4 Å². The number of methoxy groups -OCH3 is 1. The van der Waals surface area contributed by atoms with E-state index in [9.17, 15) is 14.7 Å². The quantitative estimate of drug-likeness (QED) is 0.676. The van der Waals surface area contributed by atoms with Gasteiger partial charge in [0.1, 0.15) is 11.5 Å². The van der Waals surface area contributed by atoms with Gasteiger partial charge in [-0.3, -0.25) is 14.5 Å². The Morgan fingerprint density at radius 1 is 1.25 bits per heavy atom. The van der Waals surface area contributed by atoms with Crippen molar-refractivity contribution in [3.05, 3.63) is 77.1 Å². The minimum absolute atomic E-state index is 0.0143. The van der Waals surface area contributed by atoms with Gasteiger partial charge in [-0.15, -0.1) is 0 Å². The lowest BCUT2D eigenvalue weighted by Crippen LogP contribution is -2.31. The molecule has 1 atom stereocenters. The molecule has 0 bridgehead atoms. The predicted octanol–water partition coefficient (Wildman–Crippen LogP) is 3.37. The number of nitrogens with zero attached hydrogens (tertiary/aromatic N) is 2. The van der Waals surface area contributed by atoms with E-state index in [0.29, 0.717) is 17.1 Å². The van der Waals surface area contributed by atoms with Gasteiger partial charge >= 0.3 is 0 Å². The van der Waals surface area contributed by atoms with Crippen LogP contribution in [0.25, 0.3) is 0 Å². The molecular weight excluding hydrogens is 364 g/mol. The first-order valence-electron chi connectivity index (χ1n) is 8.43. The number of Topliss-reactive ketones (excluding diaryl/α,β-unsaturated/α-hetero) is 1. The normalized spacial score (nSPS) is 16.7. The van der Waals surface area contributed by atoms with Crippen molar-refractivity contribution in [2.45, 2.75) is 13.0 Å². The number of benzene rings is 1. The Labute approximate surface area is 159 Å². The second-order valence-electron chi connectivity index (χ2n) is 6.22. The fraction of sp³-hybridized carbons (Fsp3) is 0.150. The molecule has 1 N–H and O–H groups in total. The molecule has 8 heteroatoms. The van der Waals surface area contributed by atoms with Crippen LogP contribution >= 0.6 is 0 Å². The number of ether oxygens (including phenoxy) is 1. The number of aryl methyl sites for hydroxylation is 1. The highest BCUT2D eigenvalue weighted by molar-refractivity contribution is 6.19. The van der Waals surface area contributed by atoms with Crippen LogP contribution in [-0.2, 0) is 4.79 Å². The average Bonchev–Trinajstić information content (AvgIpc) is 3.43. The summed E-state index contributed by atoms with van der Waals surface area (Å²) in [4.78, 5) is 27.1. The molecule has 1 aliphatic heterocycles. The number of ketones is 1. The van der Waals surface area contributed by atoms with E-state index in [1.54, 1.807) is 43.3 Å². The van der Waals surface area contributed by atoms with Gasteiger partial charge in [-0.05, 0) is 36.8 Å². The van der Waals surface area contributed by atoms with Crippen LogP contribution in [0.1, 0.15) is 27.9 Å². The average molecular weight is 380 g/mol. The highest BCUT2D eigenvalue weighted by Gasteiger charge is 2.46. The maximum absolute atomic E-state index is 13.0. The molecule has 8 nitrogen and oxygen atoms in total. The predicted molar refractivity (Wildman–Crippen MR) is 97.2 cm³/mol. The van der Waals surface area contributed by atoms with E-state index in [2.05, 4.69) is 5.16 Å². The first-order chi connectivity index (χ1) is 13.5. The Bertz CT molecular complexity index is 1080. The van der Waals surface area contributed by atoms with Crippen LogP contribution in [0.4, 0.5) is 5.82 Å². The van der Waals surface area contributed by atoms with Gasteiger partial charge in [-0.2, -0.15) is 0 Å². The molecule has 2 aromatic heterocycles. The Morgan fingerprint density at radius 3 is 2.71 bits per heavy atom. The Morgan fingerprint density at radius 2 is 2.07 bits per heavy atom. The Kier molecular flexibility index (Phi) is 4.23. The molecule has 1 aliphatic rings. The molecule has 3 heterocycles. The van der Waals surface area contributed by atoms with Gasteiger partial charge in [0, 0.05) is 6.07 Å². The third-order valence-corrected chi connectivity index (χ3v) is 4.47. The third kappa shape index (κ3) is 2.75. The van der Waals surface area contributed by atoms with Crippen molar-refractivity contribution in [1.29, 1.82) is 0 Å². The molecule has 1 amide bonds. The molecule has 0 spiro atoms. The number of aromatic nitrogens is 1. The number of aliphatic hydroxyl groups excluding tert-OH is 1. The molecule has 28 heavy (non-hydrogen) atoms. The Hall–Kier alpha value is -3.81. The highest BCUT2D eigenvalue weighted by Crippen LogP contribution is 2.42. The summed E-state index contributed by atoms with van der Waals surface area (Å²) in [7, 11) is 1.51. The van der Waals surface area contributed by atoms with Crippen molar-refractivity contribution in [2.24, 2.45) is 0 Å². The first kappa shape index (κ1) is 17.6. The van der Waals surface area contributed by atoms with Crippen molar-refractivity contribution >= 4 is 17.5 Å². The number of carbonyl (C=O) groups is 2. The van der Waals surface area contributed by atoms with E-state index in [1.807, 2.05) is 0 Å². The van der Waals surface area contributed by atoms with Crippen molar-refractivity contribution in [1.82, 2.24) is 5.16 Å². The molecule has 0 unspecified atom stereocenters. The molecule has 0 radical (unpaired) electrons. The number of hydrogen-bond acceptors (Lipinski definition) is 7. The van der Waals surface area contributed by atoms with Crippen LogP contribution in [-0.4, -0.2) is 29.1 Å². The van der Waals surface area contributed by atoms with Gasteiger partial charge < -0.3 is 18.8 Å². The summed E-state index contributed by atoms with van der Waals surface area (Å²) < 4.78 is 15.5. The smallest absolute Gasteiger partial charge is 0.295 e. The van der Waals surface area contributed by atoms with Crippen molar-refractivity contribution in [3.63, 3.8) is 0 Å². The molecule has 1 aromatic carbocycles. The van der Waals surface area contributed by atoms with Gasteiger partial charge in [0.25, 0.3) is 5.91 Å². The molecule has 142 valence electrons. The van der Waals surface area contributed by atoms with Gasteiger partial charge in [0.2, 0.25) is 5.78 Å². The van der Waals surface area contributed by atoms with Gasteiger partial charge in [0.05, 0.1) is 25.0 Å². The summed E-state index contributed by atoms with van der Waals surface area (Å²) in [6, 6.07) is 10.5. The van der Waals surface area contributed by atoms with E-state index in [4.69, 9.17) is 13.7 Å². The summed E-state index contributed by atoms with van der Waals surface area (Å²) in [6.45, 7) is 1.68. The molecule has 0 saturated heterocycles. The number of rotatable bonds is 5. The minimum Gasteiger partial charge on any atom is -0.503 e. The van der Waals surface area contributed by atoms with Crippen molar-refractivity contribution in [2.75, 3.05) is 12.0 Å². The topological polar surface area (TPSA) is 106 Å². The van der Waals surface area contributed by atoms with E-state index in [-0.39, 0.29) is 17.2 Å². The summed E-state index contributed by atoms with van der Waals surface area (Å²) in [6.07, 6.45) is 1.35. The molecule has 4 rings (SSSR count). The minimum atomic E-state index is -0.926. The van der Waals surface area contributed by atoms with E-state index in [0.717, 1.165) is 0 Å². The number of carbonyl (C=O) groups excluding carboxylic acids is 2. The first-order valence-corrected chi connectivity index (χ1v) is 8.43. The molecule has 0 aliphatic carbocycles. The third-order valence-electron chi connectivity index (χ3n) is 4.47. The SMILES string of the molecule is COc1cccc([C@@H]2C(C(=O)c3ccco3)=C(O)C(=O)N2c2cc(C)on2)c1. The van der Waals surface area contributed by atoms with Gasteiger partial charge in [0.15, 0.2) is 17.3 Å². The molecular formula is C20H16N2O6. The zero-order chi connectivity index (χ0) is 19.8. The lowest BCUT2D eigenvalue weighted by Gasteiger charge is -2.24. The van der Waals surface area contributed by atoms with E-state index >= 15 is 0 Å². The van der Waals surface area contributed by atoms with Crippen LogP contribution in [0.2, 0.25) is 0 Å². The number of hydrogen-bond donors (Lipinski definition) is 1. The zero-order valence-electron chi connectivity index (χ0n) is 15.1. The number of anilines is 1. The lowest BCUT2D eigenvalue weighted by molar-refractivity contribution is -0.117. The van der Waals surface area contributed by atoms with Crippen LogP contribution in [0.15, 0.2) is 69.0 Å². The maximum Gasteiger partial charge on any atom is 0.295 e. The summed E-state index contributed by atoms with van der Waals surface area (Å²) >= 11 is 0. The van der Waals surface area contributed by atoms with Crippen LogP contribution in [0.5, 0.6) is 5.75 Å². The standard InChI is InChI=1S/C20H16N2O6/c1-11-9-15(21-28-11)22-17(12-5-3-6-13(10-12)26-2)16(19(24)20(22)25)18(23)14-7-4-8-27-14/h3-10,17,24H,1-2H3/t17-/m1/s1. The largest absolute Gasteiger partial charge is 0.503 e. The lowest BCUT2D eigenvalue weighted by atomic mass is 9.95. The fourth-order valence-corrected chi connectivity index (χ4v) is 3.21. The second kappa shape index (κ2) is 6.73. The molecule has 0 fully saturated rings. The number of amides is 1. The summed E-state index contributed by atoms with van der Waals surface area (Å²) in [5, 5.41) is 14.4. The van der Waals surface area contributed by atoms with E-state index < -0.39 is 23.5 Å². The monoisotopic (exact) mass is 380 g/mol. The number of aliphatic hydroxyl groups is 1. The van der Waals surface area contributed by atoms with Crippen LogP contribution < -0.4 is 9.64 Å². The number of furan rings is 1. The van der Waals surface area contributed by atoms with Crippen molar-refractivity contribution in [3.8, 4) is 5.75 Å². The summed E-state index contributed by atoms with van der Waals surface area (Å²) in [5.41, 5.74) is 0.459. The second-order valence-corrected chi connectivity index (χ2v) is 6.22. The van der Waals surface area contributed by atoms with Gasteiger partial charge in [-0.25, -0.2) is 0 Å².